The maximum Gasteiger partial charge on any atom is 0.181 e. The second kappa shape index (κ2) is 4.12. The fraction of sp³-hybridized carbons (Fsp3) is 0.400. The summed E-state index contributed by atoms with van der Waals surface area (Å²) in [5.41, 5.74) is 0.884. The molecule has 2 nitrogen and oxygen atoms in total. The second-order valence-electron chi connectivity index (χ2n) is 8.02. The molecule has 0 heterocycles. The monoisotopic (exact) mass is 424 g/mol. The molecule has 0 spiro atoms. The molecule has 0 saturated heterocycles. The van der Waals surface area contributed by atoms with Crippen LogP contribution in [0.4, 0.5) is 0 Å². The van der Waals surface area contributed by atoms with E-state index in [0.29, 0.717) is 0 Å². The van der Waals surface area contributed by atoms with Crippen LogP contribution in [0.5, 0.6) is 0 Å². The molecular formula is C20H12Cl4O2. The summed E-state index contributed by atoms with van der Waals surface area (Å²) in [5, 5.41) is 0. The van der Waals surface area contributed by atoms with E-state index in [0.717, 1.165) is 11.1 Å². The number of benzene rings is 1. The highest BCUT2D eigenvalue weighted by molar-refractivity contribution is 6.66. The molecule has 3 fully saturated rings. The number of halogens is 4. The van der Waals surface area contributed by atoms with E-state index in [4.69, 9.17) is 46.4 Å². The van der Waals surface area contributed by atoms with Crippen molar-refractivity contribution in [2.75, 3.05) is 0 Å². The van der Waals surface area contributed by atoms with Gasteiger partial charge in [0.15, 0.2) is 11.6 Å². The zero-order valence-electron chi connectivity index (χ0n) is 13.3. The number of carbonyl (C=O) groups excluding carboxylic acids is 2. The molecule has 1 aromatic rings. The fourth-order valence-corrected chi connectivity index (χ4v) is 8.62. The van der Waals surface area contributed by atoms with Gasteiger partial charge in [0.05, 0.1) is 5.41 Å². The molecule has 0 radical (unpaired) electrons. The fourth-order valence-electron chi connectivity index (χ4n) is 6.21. The van der Waals surface area contributed by atoms with Crippen LogP contribution in [0.2, 0.25) is 0 Å². The van der Waals surface area contributed by atoms with Crippen molar-refractivity contribution in [3.05, 3.63) is 59.7 Å². The lowest BCUT2D eigenvalue weighted by Gasteiger charge is -2.72. The van der Waals surface area contributed by atoms with E-state index in [1.54, 1.807) is 0 Å². The van der Waals surface area contributed by atoms with Crippen LogP contribution in [-0.2, 0) is 15.0 Å². The van der Waals surface area contributed by atoms with E-state index in [1.807, 2.05) is 48.6 Å². The number of hydrogen-bond donors (Lipinski definition) is 0. The highest BCUT2D eigenvalue weighted by Gasteiger charge is 2.95. The van der Waals surface area contributed by atoms with Gasteiger partial charge >= 0.3 is 0 Å². The van der Waals surface area contributed by atoms with E-state index in [-0.39, 0.29) is 18.3 Å². The van der Waals surface area contributed by atoms with Crippen molar-refractivity contribution in [3.8, 4) is 0 Å². The number of Topliss-reactive ketones (excluding diaryl/α,β-unsaturated/α-hetero) is 2. The van der Waals surface area contributed by atoms with Gasteiger partial charge in [-0.25, -0.2) is 0 Å². The summed E-state index contributed by atoms with van der Waals surface area (Å²) in [6.45, 7) is 0. The zero-order valence-corrected chi connectivity index (χ0v) is 16.3. The largest absolute Gasteiger partial charge is 0.296 e. The van der Waals surface area contributed by atoms with Crippen LogP contribution in [0.1, 0.15) is 12.0 Å². The van der Waals surface area contributed by atoms with Crippen molar-refractivity contribution < 1.29 is 9.59 Å². The van der Waals surface area contributed by atoms with E-state index in [9.17, 15) is 9.59 Å². The van der Waals surface area contributed by atoms with Crippen molar-refractivity contribution in [1.82, 2.24) is 0 Å². The first kappa shape index (κ1) is 16.2. The van der Waals surface area contributed by atoms with Crippen molar-refractivity contribution in [2.45, 2.75) is 31.3 Å². The Bertz CT molecular complexity index is 1000. The third-order valence-corrected chi connectivity index (χ3v) is 10.5. The minimum atomic E-state index is -1.65. The van der Waals surface area contributed by atoms with Crippen molar-refractivity contribution >= 4 is 58.0 Å². The Balaban J connectivity index is 1.77. The van der Waals surface area contributed by atoms with E-state index in [2.05, 4.69) is 0 Å². The van der Waals surface area contributed by atoms with Crippen LogP contribution in [0, 0.1) is 11.8 Å². The van der Waals surface area contributed by atoms with Gasteiger partial charge in [0.2, 0.25) is 0 Å². The topological polar surface area (TPSA) is 34.1 Å². The normalized spacial score (nSPS) is 55.0. The number of alkyl halides is 4. The van der Waals surface area contributed by atoms with Gasteiger partial charge in [0.25, 0.3) is 0 Å². The first-order chi connectivity index (χ1) is 12.2. The predicted octanol–water partition coefficient (Wildman–Crippen LogP) is 4.15. The summed E-state index contributed by atoms with van der Waals surface area (Å²) in [4.78, 5) is 20.9. The van der Waals surface area contributed by atoms with Crippen LogP contribution in [0.15, 0.2) is 54.1 Å². The van der Waals surface area contributed by atoms with Gasteiger partial charge in [-0.15, -0.1) is 46.4 Å². The van der Waals surface area contributed by atoms with Crippen molar-refractivity contribution in [2.24, 2.45) is 11.8 Å². The summed E-state index contributed by atoms with van der Waals surface area (Å²) in [5.74, 6) is -1.51. The average Bonchev–Trinajstić information content (AvgIpc) is 2.74. The lowest BCUT2D eigenvalue weighted by molar-refractivity contribution is -0.159. The smallest absolute Gasteiger partial charge is 0.181 e. The Labute approximate surface area is 170 Å². The summed E-state index contributed by atoms with van der Waals surface area (Å²) in [7, 11) is 0. The number of rotatable bonds is 1. The lowest BCUT2D eigenvalue weighted by Crippen LogP contribution is -2.92. The molecule has 0 aliphatic heterocycles. The molecule has 5 aliphatic rings. The van der Waals surface area contributed by atoms with E-state index >= 15 is 0 Å². The molecule has 132 valence electrons. The quantitative estimate of drug-likeness (QED) is 0.633. The molecule has 0 unspecified atom stereocenters. The molecule has 3 saturated carbocycles. The maximum atomic E-state index is 13.8. The first-order valence-electron chi connectivity index (χ1n) is 8.52. The van der Waals surface area contributed by atoms with Gasteiger partial charge < -0.3 is 0 Å². The molecule has 1 aromatic carbocycles. The number of fused-ring (bicyclic) bond motifs is 2. The second-order valence-corrected chi connectivity index (χ2v) is 10.4. The zero-order chi connectivity index (χ0) is 18.3. The summed E-state index contributed by atoms with van der Waals surface area (Å²) in [6, 6.07) is 9.54. The average molecular weight is 426 g/mol. The molecule has 0 N–H and O–H groups in total. The van der Waals surface area contributed by atoms with E-state index < -0.39 is 36.5 Å². The van der Waals surface area contributed by atoms with Gasteiger partial charge in [-0.3, -0.25) is 9.59 Å². The molecule has 6 rings (SSSR count). The molecule has 7 atom stereocenters. The molecule has 5 aliphatic carbocycles. The Morgan fingerprint density at radius 2 is 1.54 bits per heavy atom. The van der Waals surface area contributed by atoms with Crippen molar-refractivity contribution in [3.63, 3.8) is 0 Å². The number of ketones is 2. The molecule has 0 amide bonds. The van der Waals surface area contributed by atoms with Gasteiger partial charge in [-0.2, -0.15) is 0 Å². The van der Waals surface area contributed by atoms with Crippen LogP contribution < -0.4 is 0 Å². The highest BCUT2D eigenvalue weighted by Crippen LogP contribution is 2.81. The maximum absolute atomic E-state index is 13.8. The first-order valence-corrected chi connectivity index (χ1v) is 10.0. The Morgan fingerprint density at radius 3 is 2.23 bits per heavy atom. The number of allylic oxidation sites excluding steroid dienone is 4. The summed E-state index contributed by atoms with van der Waals surface area (Å²) < 4.78 is 0. The number of carbonyl (C=O) groups is 2. The van der Waals surface area contributed by atoms with Crippen molar-refractivity contribution in [1.29, 1.82) is 0 Å². The molecule has 0 aromatic heterocycles. The SMILES string of the molecule is O=C1[C@]2(Cl)C[C@]3(c4ccccc4)C4=C[C@@H]5[C@H](C=C4)[C@@]1(Cl)[C@]5(Cl)C(=O)[C@]23Cl. The molecule has 4 bridgehead atoms. The van der Waals surface area contributed by atoms with Crippen LogP contribution in [-0.4, -0.2) is 31.1 Å². The third kappa shape index (κ3) is 1.12. The Kier molecular flexibility index (Phi) is 2.57. The van der Waals surface area contributed by atoms with Crippen LogP contribution >= 0.6 is 46.4 Å². The highest BCUT2D eigenvalue weighted by atomic mass is 35.5. The van der Waals surface area contributed by atoms with Gasteiger partial charge in [-0.05, 0) is 17.6 Å². The lowest BCUT2D eigenvalue weighted by atomic mass is 9.38. The van der Waals surface area contributed by atoms with Crippen LogP contribution in [0.3, 0.4) is 0 Å². The minimum Gasteiger partial charge on any atom is -0.296 e. The predicted molar refractivity (Wildman–Crippen MR) is 101 cm³/mol. The summed E-state index contributed by atoms with van der Waals surface area (Å²) in [6.07, 6.45) is 6.10. The van der Waals surface area contributed by atoms with Gasteiger partial charge in [-0.1, -0.05) is 48.6 Å². The summed E-state index contributed by atoms with van der Waals surface area (Å²) >= 11 is 27.6. The van der Waals surface area contributed by atoms with Gasteiger partial charge in [0, 0.05) is 11.8 Å². The number of hydrogen-bond acceptors (Lipinski definition) is 2. The third-order valence-electron chi connectivity index (χ3n) is 7.41. The standard InChI is InChI=1S/C20H12Cl4O2/c21-17-9-16(10-4-2-1-3-5-10)11-6-7-12-13(8-11)19(23,15(26)20(16,17)24)18(12,22)14(17)25/h1-8,12-13H,9H2/t12-,13+,16-,17+,18-,19+,20+/m0/s1. The molecule has 26 heavy (non-hydrogen) atoms. The van der Waals surface area contributed by atoms with E-state index in [1.165, 1.54) is 0 Å². The van der Waals surface area contributed by atoms with Gasteiger partial charge in [0.1, 0.15) is 19.5 Å². The molecule has 6 heteroatoms. The Hall–Kier alpha value is -0.800. The minimum absolute atomic E-state index is 0.233. The Morgan fingerprint density at radius 1 is 0.885 bits per heavy atom. The molecular weight excluding hydrogens is 414 g/mol. The van der Waals surface area contributed by atoms with Crippen LogP contribution in [0.25, 0.3) is 0 Å².